The fourth-order valence-corrected chi connectivity index (χ4v) is 2.33. The van der Waals surface area contributed by atoms with E-state index in [0.717, 1.165) is 0 Å². The SMILES string of the molecule is CC(C1CCCCC1)N(C)CC(=O)O. The summed E-state index contributed by atoms with van der Waals surface area (Å²) in [6, 6.07) is 0.409. The van der Waals surface area contributed by atoms with Gasteiger partial charge in [-0.25, -0.2) is 0 Å². The third-order valence-corrected chi connectivity index (χ3v) is 3.41. The first kappa shape index (κ1) is 11.5. The topological polar surface area (TPSA) is 40.5 Å². The molecule has 0 saturated heterocycles. The molecule has 14 heavy (non-hydrogen) atoms. The summed E-state index contributed by atoms with van der Waals surface area (Å²) in [6.45, 7) is 2.32. The molecule has 3 heteroatoms. The van der Waals surface area contributed by atoms with E-state index >= 15 is 0 Å². The minimum Gasteiger partial charge on any atom is -0.480 e. The van der Waals surface area contributed by atoms with Crippen molar-refractivity contribution in [2.45, 2.75) is 45.1 Å². The van der Waals surface area contributed by atoms with Crippen molar-refractivity contribution in [2.75, 3.05) is 13.6 Å². The summed E-state index contributed by atoms with van der Waals surface area (Å²) in [5, 5.41) is 8.69. The molecular formula is C11H21NO2. The molecular weight excluding hydrogens is 178 g/mol. The van der Waals surface area contributed by atoms with Crippen molar-refractivity contribution in [3.05, 3.63) is 0 Å². The molecule has 1 aliphatic carbocycles. The van der Waals surface area contributed by atoms with Crippen molar-refractivity contribution in [1.29, 1.82) is 0 Å². The second kappa shape index (κ2) is 5.35. The van der Waals surface area contributed by atoms with Crippen molar-refractivity contribution < 1.29 is 9.90 Å². The average Bonchev–Trinajstić information content (AvgIpc) is 2.17. The van der Waals surface area contributed by atoms with E-state index in [1.54, 1.807) is 0 Å². The molecule has 1 unspecified atom stereocenters. The van der Waals surface area contributed by atoms with Gasteiger partial charge < -0.3 is 5.11 Å². The van der Waals surface area contributed by atoms with Crippen molar-refractivity contribution in [3.63, 3.8) is 0 Å². The second-order valence-electron chi connectivity index (χ2n) is 4.45. The van der Waals surface area contributed by atoms with Crippen molar-refractivity contribution >= 4 is 5.97 Å². The molecule has 1 atom stereocenters. The van der Waals surface area contributed by atoms with Gasteiger partial charge in [-0.2, -0.15) is 0 Å². The maximum Gasteiger partial charge on any atom is 0.317 e. The quantitative estimate of drug-likeness (QED) is 0.752. The zero-order chi connectivity index (χ0) is 10.6. The lowest BCUT2D eigenvalue weighted by atomic mass is 9.84. The van der Waals surface area contributed by atoms with Crippen LogP contribution in [0.2, 0.25) is 0 Å². The molecule has 0 aromatic heterocycles. The first-order valence-corrected chi connectivity index (χ1v) is 5.53. The second-order valence-corrected chi connectivity index (χ2v) is 4.45. The van der Waals surface area contributed by atoms with Crippen LogP contribution in [0.3, 0.4) is 0 Å². The zero-order valence-corrected chi connectivity index (χ0v) is 9.20. The van der Waals surface area contributed by atoms with Gasteiger partial charge in [0.25, 0.3) is 0 Å². The minimum absolute atomic E-state index is 0.164. The number of aliphatic carboxylic acids is 1. The monoisotopic (exact) mass is 199 g/mol. The molecule has 0 aromatic rings. The number of likely N-dealkylation sites (N-methyl/N-ethyl adjacent to an activating group) is 1. The largest absolute Gasteiger partial charge is 0.480 e. The Morgan fingerprint density at radius 2 is 2.00 bits per heavy atom. The molecule has 1 aliphatic rings. The Bertz CT molecular complexity index is 188. The molecule has 0 heterocycles. The first-order valence-electron chi connectivity index (χ1n) is 5.53. The van der Waals surface area contributed by atoms with Crippen LogP contribution in [0.5, 0.6) is 0 Å². The van der Waals surface area contributed by atoms with Crippen LogP contribution in [0.25, 0.3) is 0 Å². The molecule has 0 aromatic carbocycles. The first-order chi connectivity index (χ1) is 6.61. The molecule has 1 fully saturated rings. The van der Waals surface area contributed by atoms with Gasteiger partial charge in [-0.05, 0) is 32.7 Å². The van der Waals surface area contributed by atoms with Crippen molar-refractivity contribution in [1.82, 2.24) is 4.90 Å². The van der Waals surface area contributed by atoms with Crippen LogP contribution in [0.1, 0.15) is 39.0 Å². The van der Waals surface area contributed by atoms with Gasteiger partial charge in [-0.1, -0.05) is 19.3 Å². The van der Waals surface area contributed by atoms with Gasteiger partial charge in [0, 0.05) is 6.04 Å². The summed E-state index contributed by atoms with van der Waals surface area (Å²) in [5.74, 6) is -0.0248. The lowest BCUT2D eigenvalue weighted by Crippen LogP contribution is -2.39. The van der Waals surface area contributed by atoms with E-state index in [0.29, 0.717) is 12.0 Å². The summed E-state index contributed by atoms with van der Waals surface area (Å²) in [7, 11) is 1.91. The molecule has 0 aliphatic heterocycles. The molecule has 82 valence electrons. The number of rotatable bonds is 4. The molecule has 1 N–H and O–H groups in total. The van der Waals surface area contributed by atoms with E-state index in [9.17, 15) is 4.79 Å². The van der Waals surface area contributed by atoms with Crippen molar-refractivity contribution in [2.24, 2.45) is 5.92 Å². The normalized spacial score (nSPS) is 21.1. The predicted molar refractivity (Wildman–Crippen MR) is 56.3 cm³/mol. The molecule has 0 spiro atoms. The maximum atomic E-state index is 10.6. The van der Waals surface area contributed by atoms with Crippen molar-refractivity contribution in [3.8, 4) is 0 Å². The Morgan fingerprint density at radius 3 is 2.50 bits per heavy atom. The van der Waals surface area contributed by atoms with Gasteiger partial charge in [0.15, 0.2) is 0 Å². The fraction of sp³-hybridized carbons (Fsp3) is 0.909. The molecule has 3 nitrogen and oxygen atoms in total. The van der Waals surface area contributed by atoms with E-state index in [1.807, 2.05) is 11.9 Å². The van der Waals surface area contributed by atoms with Gasteiger partial charge in [0.1, 0.15) is 0 Å². The highest BCUT2D eigenvalue weighted by molar-refractivity contribution is 5.69. The number of hydrogen-bond donors (Lipinski definition) is 1. The zero-order valence-electron chi connectivity index (χ0n) is 9.20. The smallest absolute Gasteiger partial charge is 0.317 e. The number of nitrogens with zero attached hydrogens (tertiary/aromatic N) is 1. The summed E-state index contributed by atoms with van der Waals surface area (Å²) < 4.78 is 0. The minimum atomic E-state index is -0.727. The Hall–Kier alpha value is -0.570. The molecule has 0 bridgehead atoms. The van der Waals surface area contributed by atoms with Crippen LogP contribution in [0.15, 0.2) is 0 Å². The summed E-state index contributed by atoms with van der Waals surface area (Å²) >= 11 is 0. The van der Waals surface area contributed by atoms with E-state index in [1.165, 1.54) is 32.1 Å². The van der Waals surface area contributed by atoms with E-state index in [4.69, 9.17) is 5.11 Å². The number of hydrogen-bond acceptors (Lipinski definition) is 2. The number of carboxylic acids is 1. The van der Waals surface area contributed by atoms with Crippen LogP contribution in [-0.2, 0) is 4.79 Å². The van der Waals surface area contributed by atoms with Crippen LogP contribution in [0.4, 0.5) is 0 Å². The summed E-state index contributed by atoms with van der Waals surface area (Å²) in [5.41, 5.74) is 0. The lowest BCUT2D eigenvalue weighted by molar-refractivity contribution is -0.138. The lowest BCUT2D eigenvalue weighted by Gasteiger charge is -2.33. The molecule has 1 saturated carbocycles. The van der Waals surface area contributed by atoms with Gasteiger partial charge >= 0.3 is 5.97 Å². The van der Waals surface area contributed by atoms with E-state index < -0.39 is 5.97 Å². The summed E-state index contributed by atoms with van der Waals surface area (Å²) in [6.07, 6.45) is 6.52. The standard InChI is InChI=1S/C11H21NO2/c1-9(12(2)8-11(13)14)10-6-4-3-5-7-10/h9-10H,3-8H2,1-2H3,(H,13,14). The van der Waals surface area contributed by atoms with E-state index in [2.05, 4.69) is 6.92 Å². The van der Waals surface area contributed by atoms with Crippen LogP contribution >= 0.6 is 0 Å². The number of carbonyl (C=O) groups is 1. The highest BCUT2D eigenvalue weighted by atomic mass is 16.4. The molecule has 0 radical (unpaired) electrons. The average molecular weight is 199 g/mol. The van der Waals surface area contributed by atoms with Gasteiger partial charge in [-0.3, -0.25) is 9.69 Å². The van der Waals surface area contributed by atoms with Gasteiger partial charge in [-0.15, -0.1) is 0 Å². The van der Waals surface area contributed by atoms with Crippen LogP contribution in [-0.4, -0.2) is 35.6 Å². The van der Waals surface area contributed by atoms with Gasteiger partial charge in [0.2, 0.25) is 0 Å². The summed E-state index contributed by atoms with van der Waals surface area (Å²) in [4.78, 5) is 12.5. The molecule has 0 amide bonds. The van der Waals surface area contributed by atoms with Gasteiger partial charge in [0.05, 0.1) is 6.54 Å². The van der Waals surface area contributed by atoms with E-state index in [-0.39, 0.29) is 6.54 Å². The van der Waals surface area contributed by atoms with Crippen LogP contribution in [0, 0.1) is 5.92 Å². The predicted octanol–water partition coefficient (Wildman–Crippen LogP) is 1.97. The highest BCUT2D eigenvalue weighted by Gasteiger charge is 2.23. The third kappa shape index (κ3) is 3.29. The Morgan fingerprint density at radius 1 is 1.43 bits per heavy atom. The number of carboxylic acid groups (broad SMARTS) is 1. The Balaban J connectivity index is 2.37. The molecule has 1 rings (SSSR count). The highest BCUT2D eigenvalue weighted by Crippen LogP contribution is 2.28. The van der Waals surface area contributed by atoms with Crippen LogP contribution < -0.4 is 0 Å². The maximum absolute atomic E-state index is 10.6. The Labute approximate surface area is 86.1 Å². The fourth-order valence-electron chi connectivity index (χ4n) is 2.33. The third-order valence-electron chi connectivity index (χ3n) is 3.41. The Kier molecular flexibility index (Phi) is 4.39.